The van der Waals surface area contributed by atoms with Crippen molar-refractivity contribution < 1.29 is 9.59 Å². The summed E-state index contributed by atoms with van der Waals surface area (Å²) >= 11 is 0. The van der Waals surface area contributed by atoms with Crippen LogP contribution in [0.15, 0.2) is 24.3 Å². The van der Waals surface area contributed by atoms with Crippen molar-refractivity contribution in [2.45, 2.75) is 52.0 Å². The van der Waals surface area contributed by atoms with Gasteiger partial charge < -0.3 is 16.0 Å². The predicted molar refractivity (Wildman–Crippen MR) is 96.9 cm³/mol. The van der Waals surface area contributed by atoms with Crippen LogP contribution in [0.4, 0.5) is 5.69 Å². The van der Waals surface area contributed by atoms with Crippen molar-refractivity contribution in [3.8, 4) is 0 Å². The molecule has 132 valence electrons. The van der Waals surface area contributed by atoms with Gasteiger partial charge in [-0.15, -0.1) is 0 Å². The van der Waals surface area contributed by atoms with E-state index in [1.165, 1.54) is 0 Å². The molecule has 0 aromatic heterocycles. The molecule has 1 aromatic rings. The summed E-state index contributed by atoms with van der Waals surface area (Å²) in [6.07, 6.45) is 4.80. The number of amides is 2. The molecule has 0 aliphatic heterocycles. The topological polar surface area (TPSA) is 75.4 Å². The van der Waals surface area contributed by atoms with Crippen LogP contribution in [0.2, 0.25) is 0 Å². The first-order chi connectivity index (χ1) is 11.5. The van der Waals surface area contributed by atoms with Gasteiger partial charge in [0, 0.05) is 36.8 Å². The molecule has 3 N–H and O–H groups in total. The van der Waals surface area contributed by atoms with Gasteiger partial charge in [-0.05, 0) is 50.8 Å². The smallest absolute Gasteiger partial charge is 0.253 e. The van der Waals surface area contributed by atoms with Gasteiger partial charge in [0.05, 0.1) is 0 Å². The van der Waals surface area contributed by atoms with Gasteiger partial charge in [0.2, 0.25) is 5.91 Å². The average Bonchev–Trinajstić information content (AvgIpc) is 2.58. The van der Waals surface area contributed by atoms with Crippen LogP contribution in [-0.2, 0) is 4.79 Å². The Morgan fingerprint density at radius 2 is 1.92 bits per heavy atom. The van der Waals surface area contributed by atoms with Gasteiger partial charge in [-0.3, -0.25) is 9.59 Å². The van der Waals surface area contributed by atoms with Crippen LogP contribution in [0.25, 0.3) is 0 Å². The van der Waals surface area contributed by atoms with Gasteiger partial charge >= 0.3 is 0 Å². The van der Waals surface area contributed by atoms with E-state index < -0.39 is 0 Å². The van der Waals surface area contributed by atoms with Crippen LogP contribution in [0.3, 0.4) is 0 Å². The fraction of sp³-hybridized carbons (Fsp3) is 0.579. The number of anilines is 1. The maximum atomic E-state index is 12.4. The molecule has 1 fully saturated rings. The van der Waals surface area contributed by atoms with E-state index in [-0.39, 0.29) is 23.8 Å². The molecular weight excluding hydrogens is 302 g/mol. The molecular formula is C19H29N3O2. The van der Waals surface area contributed by atoms with E-state index in [9.17, 15) is 9.59 Å². The number of benzene rings is 1. The Hall–Kier alpha value is -1.88. The van der Waals surface area contributed by atoms with Crippen LogP contribution in [-0.4, -0.2) is 35.8 Å². The number of nitrogens with two attached hydrogens (primary N) is 1. The molecule has 0 heterocycles. The number of carbonyl (C=O) groups is 2. The summed E-state index contributed by atoms with van der Waals surface area (Å²) in [6.45, 7) is 5.26. The van der Waals surface area contributed by atoms with Gasteiger partial charge in [-0.2, -0.15) is 0 Å². The molecule has 1 aliphatic carbocycles. The summed E-state index contributed by atoms with van der Waals surface area (Å²) in [7, 11) is 0. The Morgan fingerprint density at radius 3 is 2.58 bits per heavy atom. The van der Waals surface area contributed by atoms with Crippen LogP contribution in [0.5, 0.6) is 0 Å². The molecule has 0 spiro atoms. The second-order valence-electron chi connectivity index (χ2n) is 6.52. The summed E-state index contributed by atoms with van der Waals surface area (Å²) in [5, 5.41) is 2.91. The minimum absolute atomic E-state index is 0.00889. The lowest BCUT2D eigenvalue weighted by Gasteiger charge is -2.28. The first kappa shape index (κ1) is 18.5. The van der Waals surface area contributed by atoms with Crippen molar-refractivity contribution in [3.63, 3.8) is 0 Å². The summed E-state index contributed by atoms with van der Waals surface area (Å²) < 4.78 is 0. The maximum Gasteiger partial charge on any atom is 0.253 e. The highest BCUT2D eigenvalue weighted by molar-refractivity contribution is 5.97. The van der Waals surface area contributed by atoms with Crippen LogP contribution >= 0.6 is 0 Å². The third-order valence-corrected chi connectivity index (χ3v) is 4.86. The van der Waals surface area contributed by atoms with E-state index in [1.807, 2.05) is 19.9 Å². The second kappa shape index (κ2) is 8.83. The maximum absolute atomic E-state index is 12.4. The normalized spacial score (nSPS) is 20.5. The first-order valence-corrected chi connectivity index (χ1v) is 8.99. The number of hydrogen-bond acceptors (Lipinski definition) is 3. The Balaban J connectivity index is 1.98. The molecule has 0 radical (unpaired) electrons. The number of hydrogen-bond donors (Lipinski definition) is 2. The molecule has 24 heavy (non-hydrogen) atoms. The molecule has 5 heteroatoms. The highest BCUT2D eigenvalue weighted by Crippen LogP contribution is 2.26. The molecule has 0 bridgehead atoms. The minimum Gasteiger partial charge on any atom is -0.339 e. The Labute approximate surface area is 144 Å². The molecule has 1 aromatic carbocycles. The van der Waals surface area contributed by atoms with Crippen LogP contribution < -0.4 is 11.1 Å². The minimum atomic E-state index is -0.0233. The molecule has 2 rings (SSSR count). The zero-order chi connectivity index (χ0) is 17.5. The standard InChI is InChI=1S/C19H29N3O2/c1-3-22(4-2)19(24)15-9-7-10-16(12-15)21-18(23)13-14-8-5-6-11-17(14)20/h7,9-10,12,14,17H,3-6,8,11,13,20H2,1-2H3,(H,21,23). The molecule has 2 amide bonds. The lowest BCUT2D eigenvalue weighted by molar-refractivity contribution is -0.117. The summed E-state index contributed by atoms with van der Waals surface area (Å²) in [6, 6.07) is 7.28. The van der Waals surface area contributed by atoms with Crippen LogP contribution in [0, 0.1) is 5.92 Å². The predicted octanol–water partition coefficient (Wildman–Crippen LogP) is 3.01. The summed E-state index contributed by atoms with van der Waals surface area (Å²) in [4.78, 5) is 26.5. The molecule has 2 atom stereocenters. The van der Waals surface area contributed by atoms with Gasteiger partial charge in [0.1, 0.15) is 0 Å². The number of rotatable bonds is 6. The molecule has 2 unspecified atom stereocenters. The first-order valence-electron chi connectivity index (χ1n) is 8.99. The third-order valence-electron chi connectivity index (χ3n) is 4.86. The Kier molecular flexibility index (Phi) is 6.79. The Morgan fingerprint density at radius 1 is 1.21 bits per heavy atom. The summed E-state index contributed by atoms with van der Waals surface area (Å²) in [5.74, 6) is 0.231. The largest absolute Gasteiger partial charge is 0.339 e. The quantitative estimate of drug-likeness (QED) is 0.841. The molecule has 1 aliphatic rings. The number of nitrogens with zero attached hydrogens (tertiary/aromatic N) is 1. The van der Waals surface area contributed by atoms with Crippen molar-refractivity contribution in [1.29, 1.82) is 0 Å². The van der Waals surface area contributed by atoms with E-state index in [4.69, 9.17) is 5.73 Å². The summed E-state index contributed by atoms with van der Waals surface area (Å²) in [5.41, 5.74) is 7.39. The lowest BCUT2D eigenvalue weighted by atomic mass is 9.83. The molecule has 5 nitrogen and oxygen atoms in total. The highest BCUT2D eigenvalue weighted by atomic mass is 16.2. The van der Waals surface area contributed by atoms with Crippen molar-refractivity contribution in [1.82, 2.24) is 4.90 Å². The zero-order valence-corrected chi connectivity index (χ0v) is 14.8. The van der Waals surface area contributed by atoms with E-state index in [2.05, 4.69) is 5.32 Å². The van der Waals surface area contributed by atoms with E-state index >= 15 is 0 Å². The SMILES string of the molecule is CCN(CC)C(=O)c1cccc(NC(=O)CC2CCCCC2N)c1. The highest BCUT2D eigenvalue weighted by Gasteiger charge is 2.24. The Bertz CT molecular complexity index is 569. The second-order valence-corrected chi connectivity index (χ2v) is 6.52. The van der Waals surface area contributed by atoms with Crippen molar-refractivity contribution in [3.05, 3.63) is 29.8 Å². The fourth-order valence-corrected chi connectivity index (χ4v) is 3.36. The third kappa shape index (κ3) is 4.81. The van der Waals surface area contributed by atoms with Crippen LogP contribution in [0.1, 0.15) is 56.3 Å². The van der Waals surface area contributed by atoms with Crippen molar-refractivity contribution in [2.75, 3.05) is 18.4 Å². The van der Waals surface area contributed by atoms with E-state index in [0.717, 1.165) is 25.7 Å². The van der Waals surface area contributed by atoms with Gasteiger partial charge in [0.25, 0.3) is 5.91 Å². The monoisotopic (exact) mass is 331 g/mol. The van der Waals surface area contributed by atoms with Crippen molar-refractivity contribution >= 4 is 17.5 Å². The van der Waals surface area contributed by atoms with Gasteiger partial charge in [-0.1, -0.05) is 18.9 Å². The van der Waals surface area contributed by atoms with E-state index in [0.29, 0.717) is 30.8 Å². The van der Waals surface area contributed by atoms with Gasteiger partial charge in [-0.25, -0.2) is 0 Å². The van der Waals surface area contributed by atoms with Crippen molar-refractivity contribution in [2.24, 2.45) is 11.7 Å². The number of nitrogens with one attached hydrogen (secondary N) is 1. The van der Waals surface area contributed by atoms with Gasteiger partial charge in [0.15, 0.2) is 0 Å². The van der Waals surface area contributed by atoms with E-state index in [1.54, 1.807) is 23.1 Å². The molecule has 0 saturated heterocycles. The number of carbonyl (C=O) groups excluding carboxylic acids is 2. The lowest BCUT2D eigenvalue weighted by Crippen LogP contribution is -2.35. The average molecular weight is 331 g/mol. The molecule has 1 saturated carbocycles. The fourth-order valence-electron chi connectivity index (χ4n) is 3.36. The zero-order valence-electron chi connectivity index (χ0n) is 14.8.